The van der Waals surface area contributed by atoms with Gasteiger partial charge in [-0.15, -0.1) is 0 Å². The van der Waals surface area contributed by atoms with Crippen molar-refractivity contribution in [3.8, 4) is 11.3 Å². The van der Waals surface area contributed by atoms with Crippen LogP contribution in [0.1, 0.15) is 49.6 Å². The van der Waals surface area contributed by atoms with E-state index in [2.05, 4.69) is 62.6 Å². The molecule has 190 valence electrons. The molecular weight excluding hydrogens is 460 g/mol. The number of pyridine rings is 1. The standard InChI is InChI=1S/C31H34N4O2/c1-20-29(34(4)19-33-20)23-16-27-28(32-18-23)25-11-10-24(31(2,3)36)17-26(25)35(27)30(21-8-6-5-7-9-21)22-12-14-37-15-13-22/h5-11,16-19,22,30,36H,12-15H2,1-4H3/t30-/m0/s1. The maximum atomic E-state index is 10.9. The van der Waals surface area contributed by atoms with Crippen molar-refractivity contribution in [2.24, 2.45) is 13.0 Å². The minimum absolute atomic E-state index is 0.117. The smallest absolute Gasteiger partial charge is 0.0960 e. The second kappa shape index (κ2) is 9.12. The van der Waals surface area contributed by atoms with Crippen molar-refractivity contribution >= 4 is 21.9 Å². The first-order valence-corrected chi connectivity index (χ1v) is 13.1. The molecule has 6 rings (SSSR count). The Balaban J connectivity index is 1.69. The lowest BCUT2D eigenvalue weighted by Crippen LogP contribution is -2.27. The van der Waals surface area contributed by atoms with Gasteiger partial charge in [0.1, 0.15) is 0 Å². The van der Waals surface area contributed by atoms with Gasteiger partial charge in [0.25, 0.3) is 0 Å². The number of hydrogen-bond acceptors (Lipinski definition) is 4. The number of rotatable bonds is 5. The average Bonchev–Trinajstić information content (AvgIpc) is 3.40. The first-order chi connectivity index (χ1) is 17.8. The third-order valence-corrected chi connectivity index (χ3v) is 7.87. The summed E-state index contributed by atoms with van der Waals surface area (Å²) in [5.41, 5.74) is 7.52. The highest BCUT2D eigenvalue weighted by Gasteiger charge is 2.31. The highest BCUT2D eigenvalue weighted by atomic mass is 16.5. The molecule has 0 spiro atoms. The number of nitrogens with zero attached hydrogens (tertiary/aromatic N) is 4. The molecule has 1 N–H and O–H groups in total. The molecule has 1 aliphatic heterocycles. The number of fused-ring (bicyclic) bond motifs is 3. The van der Waals surface area contributed by atoms with E-state index in [0.717, 1.165) is 70.5 Å². The van der Waals surface area contributed by atoms with E-state index < -0.39 is 5.60 Å². The van der Waals surface area contributed by atoms with Crippen LogP contribution in [-0.4, -0.2) is 37.4 Å². The highest BCUT2D eigenvalue weighted by Crippen LogP contribution is 2.42. The molecule has 2 aromatic carbocycles. The van der Waals surface area contributed by atoms with Crippen LogP contribution in [0.4, 0.5) is 0 Å². The average molecular weight is 495 g/mol. The maximum Gasteiger partial charge on any atom is 0.0960 e. The molecule has 6 nitrogen and oxygen atoms in total. The highest BCUT2D eigenvalue weighted by molar-refractivity contribution is 6.07. The van der Waals surface area contributed by atoms with Gasteiger partial charge in [0, 0.05) is 37.4 Å². The van der Waals surface area contributed by atoms with Crippen LogP contribution in [0.3, 0.4) is 0 Å². The van der Waals surface area contributed by atoms with Crippen molar-refractivity contribution in [3.63, 3.8) is 0 Å². The van der Waals surface area contributed by atoms with Gasteiger partial charge in [-0.05, 0) is 62.8 Å². The Morgan fingerprint density at radius 2 is 1.76 bits per heavy atom. The molecule has 0 radical (unpaired) electrons. The van der Waals surface area contributed by atoms with Gasteiger partial charge in [0.2, 0.25) is 0 Å². The number of aryl methyl sites for hydroxylation is 2. The number of benzene rings is 2. The monoisotopic (exact) mass is 494 g/mol. The fourth-order valence-corrected chi connectivity index (χ4v) is 5.99. The Morgan fingerprint density at radius 3 is 2.43 bits per heavy atom. The Kier molecular flexibility index (Phi) is 5.89. The number of aliphatic hydroxyl groups is 1. The van der Waals surface area contributed by atoms with Crippen LogP contribution in [0, 0.1) is 12.8 Å². The first kappa shape index (κ1) is 23.9. The molecule has 0 aliphatic carbocycles. The van der Waals surface area contributed by atoms with Crippen LogP contribution in [0.5, 0.6) is 0 Å². The van der Waals surface area contributed by atoms with Crippen LogP contribution in [-0.2, 0) is 17.4 Å². The summed E-state index contributed by atoms with van der Waals surface area (Å²) < 4.78 is 10.3. The topological polar surface area (TPSA) is 65.1 Å². The van der Waals surface area contributed by atoms with Gasteiger partial charge in [-0.3, -0.25) is 4.98 Å². The van der Waals surface area contributed by atoms with Crippen molar-refractivity contribution in [2.45, 2.75) is 45.3 Å². The van der Waals surface area contributed by atoms with E-state index >= 15 is 0 Å². The molecule has 5 aromatic rings. The quantitative estimate of drug-likeness (QED) is 0.319. The predicted octanol–water partition coefficient (Wildman–Crippen LogP) is 6.14. The van der Waals surface area contributed by atoms with Crippen LogP contribution in [0.2, 0.25) is 0 Å². The molecule has 37 heavy (non-hydrogen) atoms. The molecule has 0 unspecified atom stereocenters. The molecule has 3 aromatic heterocycles. The predicted molar refractivity (Wildman–Crippen MR) is 148 cm³/mol. The van der Waals surface area contributed by atoms with Crippen LogP contribution in [0.15, 0.2) is 67.1 Å². The molecule has 0 amide bonds. The molecule has 1 fully saturated rings. The molecule has 1 atom stereocenters. The Morgan fingerprint density at radius 1 is 1.00 bits per heavy atom. The Hall–Kier alpha value is -3.48. The maximum absolute atomic E-state index is 10.9. The lowest BCUT2D eigenvalue weighted by Gasteiger charge is -2.33. The van der Waals surface area contributed by atoms with Crippen LogP contribution >= 0.6 is 0 Å². The second-order valence-electron chi connectivity index (χ2n) is 10.8. The zero-order valence-electron chi connectivity index (χ0n) is 22.0. The lowest BCUT2D eigenvalue weighted by molar-refractivity contribution is 0.0552. The third-order valence-electron chi connectivity index (χ3n) is 7.87. The third kappa shape index (κ3) is 4.14. The Labute approximate surface area is 217 Å². The zero-order valence-corrected chi connectivity index (χ0v) is 22.0. The van der Waals surface area contributed by atoms with Crippen molar-refractivity contribution in [1.29, 1.82) is 0 Å². The van der Waals surface area contributed by atoms with E-state index in [0.29, 0.717) is 5.92 Å². The molecule has 0 saturated carbocycles. The van der Waals surface area contributed by atoms with Crippen molar-refractivity contribution < 1.29 is 9.84 Å². The van der Waals surface area contributed by atoms with E-state index in [4.69, 9.17) is 9.72 Å². The number of aromatic nitrogens is 4. The van der Waals surface area contributed by atoms with Crippen molar-refractivity contribution in [2.75, 3.05) is 13.2 Å². The van der Waals surface area contributed by atoms with Gasteiger partial charge in [-0.2, -0.15) is 0 Å². The number of imidazole rings is 1. The van der Waals surface area contributed by atoms with Gasteiger partial charge in [0.05, 0.1) is 45.9 Å². The fraction of sp³-hybridized carbons (Fsp3) is 0.355. The van der Waals surface area contributed by atoms with Gasteiger partial charge in [0.15, 0.2) is 0 Å². The summed E-state index contributed by atoms with van der Waals surface area (Å²) in [6.45, 7) is 7.28. The SMILES string of the molecule is Cc1ncn(C)c1-c1cnc2c3ccc(C(C)(C)O)cc3n([C@@H](c3ccccc3)C3CCOCC3)c2c1. The minimum atomic E-state index is -0.944. The minimum Gasteiger partial charge on any atom is -0.386 e. The van der Waals surface area contributed by atoms with Gasteiger partial charge < -0.3 is 19.0 Å². The normalized spacial score (nSPS) is 16.0. The van der Waals surface area contributed by atoms with Crippen molar-refractivity contribution in [1.82, 2.24) is 19.1 Å². The molecule has 1 saturated heterocycles. The molecule has 6 heteroatoms. The van der Waals surface area contributed by atoms with E-state index in [1.54, 1.807) is 0 Å². The summed E-state index contributed by atoms with van der Waals surface area (Å²) in [7, 11) is 2.03. The van der Waals surface area contributed by atoms with E-state index in [-0.39, 0.29) is 6.04 Å². The fourth-order valence-electron chi connectivity index (χ4n) is 5.99. The summed E-state index contributed by atoms with van der Waals surface area (Å²) >= 11 is 0. The summed E-state index contributed by atoms with van der Waals surface area (Å²) in [5.74, 6) is 0.419. The molecule has 1 aliphatic rings. The van der Waals surface area contributed by atoms with E-state index in [1.807, 2.05) is 46.4 Å². The first-order valence-electron chi connectivity index (χ1n) is 13.1. The van der Waals surface area contributed by atoms with Gasteiger partial charge in [-0.25, -0.2) is 4.98 Å². The summed E-state index contributed by atoms with van der Waals surface area (Å²) in [5, 5.41) is 12.0. The molecular formula is C31H34N4O2. The van der Waals surface area contributed by atoms with Gasteiger partial charge in [-0.1, -0.05) is 42.5 Å². The van der Waals surface area contributed by atoms with E-state index in [1.165, 1.54) is 5.56 Å². The largest absolute Gasteiger partial charge is 0.386 e. The Bertz CT molecular complexity index is 1550. The van der Waals surface area contributed by atoms with Gasteiger partial charge >= 0.3 is 0 Å². The molecule has 0 bridgehead atoms. The molecule has 4 heterocycles. The lowest BCUT2D eigenvalue weighted by atomic mass is 9.86. The summed E-state index contributed by atoms with van der Waals surface area (Å²) in [4.78, 5) is 9.55. The van der Waals surface area contributed by atoms with Crippen LogP contribution < -0.4 is 0 Å². The second-order valence-corrected chi connectivity index (χ2v) is 10.8. The van der Waals surface area contributed by atoms with Crippen LogP contribution in [0.25, 0.3) is 33.2 Å². The summed E-state index contributed by atoms with van der Waals surface area (Å²) in [6, 6.07) is 19.5. The number of hydrogen-bond donors (Lipinski definition) is 1. The van der Waals surface area contributed by atoms with Crippen molar-refractivity contribution in [3.05, 3.63) is 83.9 Å². The summed E-state index contributed by atoms with van der Waals surface area (Å²) in [6.07, 6.45) is 5.82. The van der Waals surface area contributed by atoms with E-state index in [9.17, 15) is 5.11 Å². The zero-order chi connectivity index (χ0) is 25.7. The number of ether oxygens (including phenoxy) is 1.